The third kappa shape index (κ3) is 3.00. The number of rotatable bonds is 2. The summed E-state index contributed by atoms with van der Waals surface area (Å²) < 4.78 is 39.0. The predicted octanol–water partition coefficient (Wildman–Crippen LogP) is 2.16. The molecule has 1 aromatic rings. The van der Waals surface area contributed by atoms with Crippen LogP contribution in [-0.4, -0.2) is 6.36 Å². The van der Waals surface area contributed by atoms with E-state index >= 15 is 0 Å². The molecule has 0 radical (unpaired) electrons. The number of anilines is 1. The van der Waals surface area contributed by atoms with Crippen molar-refractivity contribution in [1.82, 2.24) is 0 Å². The third-order valence-corrected chi connectivity index (χ3v) is 1.73. The number of benzene rings is 1. The fourth-order valence-electron chi connectivity index (χ4n) is 0.831. The highest BCUT2D eigenvalue weighted by Gasteiger charge is 2.31. The van der Waals surface area contributed by atoms with Crippen molar-refractivity contribution in [3.8, 4) is 5.75 Å². The van der Waals surface area contributed by atoms with E-state index in [0.29, 0.717) is 5.69 Å². The van der Waals surface area contributed by atoms with Crippen molar-refractivity contribution in [2.24, 2.45) is 5.84 Å². The number of thiol groups is 1. The molecule has 3 nitrogen and oxygen atoms in total. The molecule has 7 heteroatoms. The fourth-order valence-corrected chi connectivity index (χ4v) is 1.10. The second-order valence-electron chi connectivity index (χ2n) is 2.37. The minimum Gasteiger partial charge on any atom is -0.406 e. The quantitative estimate of drug-likeness (QED) is 0.410. The van der Waals surface area contributed by atoms with Crippen LogP contribution in [0.15, 0.2) is 23.1 Å². The van der Waals surface area contributed by atoms with Crippen LogP contribution in [0, 0.1) is 0 Å². The van der Waals surface area contributed by atoms with E-state index in [2.05, 4.69) is 22.8 Å². The molecule has 0 fully saturated rings. The molecule has 3 N–H and O–H groups in total. The predicted molar refractivity (Wildman–Crippen MR) is 48.2 cm³/mol. The summed E-state index contributed by atoms with van der Waals surface area (Å²) in [5.74, 6) is 4.73. The van der Waals surface area contributed by atoms with Crippen LogP contribution in [0.25, 0.3) is 0 Å². The number of nitrogen functional groups attached to an aromatic ring is 1. The number of hydrogen-bond acceptors (Lipinski definition) is 4. The molecule has 1 aromatic carbocycles. The van der Waals surface area contributed by atoms with Gasteiger partial charge in [-0.25, -0.2) is 0 Å². The Morgan fingerprint density at radius 1 is 1.36 bits per heavy atom. The summed E-state index contributed by atoms with van der Waals surface area (Å²) in [6.45, 7) is 0. The van der Waals surface area contributed by atoms with Gasteiger partial charge in [-0.05, 0) is 18.2 Å². The number of ether oxygens (including phenoxy) is 1. The molecule has 0 atom stereocenters. The van der Waals surface area contributed by atoms with E-state index < -0.39 is 6.36 Å². The monoisotopic (exact) mass is 224 g/mol. The highest BCUT2D eigenvalue weighted by Crippen LogP contribution is 2.28. The lowest BCUT2D eigenvalue weighted by atomic mass is 10.3. The van der Waals surface area contributed by atoms with Gasteiger partial charge in [-0.2, -0.15) is 0 Å². The summed E-state index contributed by atoms with van der Waals surface area (Å²) in [6, 6.07) is 3.59. The Kier molecular flexibility index (Phi) is 3.12. The third-order valence-electron chi connectivity index (χ3n) is 1.36. The molecule has 0 amide bonds. The van der Waals surface area contributed by atoms with E-state index in [1.807, 2.05) is 0 Å². The Balaban J connectivity index is 2.87. The SMILES string of the molecule is NNc1ccc(OC(F)(F)F)cc1S. The molecule has 0 aliphatic rings. The number of hydrazine groups is 1. The largest absolute Gasteiger partial charge is 0.573 e. The lowest BCUT2D eigenvalue weighted by molar-refractivity contribution is -0.274. The van der Waals surface area contributed by atoms with Crippen LogP contribution in [0.1, 0.15) is 0 Å². The van der Waals surface area contributed by atoms with Crippen molar-refractivity contribution >= 4 is 18.3 Å². The molecule has 14 heavy (non-hydrogen) atoms. The van der Waals surface area contributed by atoms with Gasteiger partial charge in [-0.1, -0.05) is 0 Å². The summed E-state index contributed by atoms with van der Waals surface area (Å²) in [5, 5.41) is 0. The molecule has 0 spiro atoms. The molecule has 0 aliphatic heterocycles. The number of nitrogens with one attached hydrogen (secondary N) is 1. The van der Waals surface area contributed by atoms with E-state index in [1.54, 1.807) is 0 Å². The minimum atomic E-state index is -4.70. The topological polar surface area (TPSA) is 47.3 Å². The van der Waals surface area contributed by atoms with Gasteiger partial charge in [0.05, 0.1) is 5.69 Å². The zero-order valence-electron chi connectivity index (χ0n) is 6.80. The van der Waals surface area contributed by atoms with Gasteiger partial charge in [0.1, 0.15) is 5.75 Å². The Bertz CT molecular complexity index is 329. The van der Waals surface area contributed by atoms with Crippen LogP contribution in [0.3, 0.4) is 0 Å². The van der Waals surface area contributed by atoms with Crippen molar-refractivity contribution in [1.29, 1.82) is 0 Å². The first-order chi connectivity index (χ1) is 6.42. The molecular weight excluding hydrogens is 217 g/mol. The Morgan fingerprint density at radius 2 is 2.00 bits per heavy atom. The van der Waals surface area contributed by atoms with Gasteiger partial charge in [0.2, 0.25) is 0 Å². The standard InChI is InChI=1S/C7H7F3N2OS/c8-7(9,10)13-4-1-2-5(12-11)6(14)3-4/h1-3,12,14H,11H2. The summed E-state index contributed by atoms with van der Waals surface area (Å²) >= 11 is 3.91. The Morgan fingerprint density at radius 3 is 2.43 bits per heavy atom. The van der Waals surface area contributed by atoms with E-state index in [1.165, 1.54) is 6.07 Å². The lowest BCUT2D eigenvalue weighted by Crippen LogP contribution is -2.17. The van der Waals surface area contributed by atoms with E-state index in [-0.39, 0.29) is 10.6 Å². The van der Waals surface area contributed by atoms with E-state index in [0.717, 1.165) is 12.1 Å². The summed E-state index contributed by atoms with van der Waals surface area (Å²) in [7, 11) is 0. The normalized spacial score (nSPS) is 11.2. The minimum absolute atomic E-state index is 0.272. The molecule has 0 bridgehead atoms. The van der Waals surface area contributed by atoms with Crippen molar-refractivity contribution in [2.75, 3.05) is 5.43 Å². The van der Waals surface area contributed by atoms with Crippen LogP contribution >= 0.6 is 12.6 Å². The fraction of sp³-hybridized carbons (Fsp3) is 0.143. The van der Waals surface area contributed by atoms with E-state index in [4.69, 9.17) is 5.84 Å². The van der Waals surface area contributed by atoms with Gasteiger partial charge < -0.3 is 10.2 Å². The first-order valence-corrected chi connectivity index (χ1v) is 3.92. The van der Waals surface area contributed by atoms with Crippen LogP contribution in [0.2, 0.25) is 0 Å². The maximum atomic E-state index is 11.8. The average molecular weight is 224 g/mol. The zero-order valence-corrected chi connectivity index (χ0v) is 7.69. The Hall–Kier alpha value is -1.08. The van der Waals surface area contributed by atoms with Crippen LogP contribution in [0.5, 0.6) is 5.75 Å². The highest BCUT2D eigenvalue weighted by atomic mass is 32.1. The molecule has 0 saturated heterocycles. The molecule has 0 aliphatic carbocycles. The van der Waals surface area contributed by atoms with Gasteiger partial charge in [-0.3, -0.25) is 5.84 Å². The molecule has 0 saturated carbocycles. The zero-order chi connectivity index (χ0) is 10.8. The summed E-state index contributed by atoms with van der Waals surface area (Å²) in [4.78, 5) is 0.272. The average Bonchev–Trinajstić information content (AvgIpc) is 2.01. The van der Waals surface area contributed by atoms with Crippen molar-refractivity contribution in [3.05, 3.63) is 18.2 Å². The van der Waals surface area contributed by atoms with Gasteiger partial charge >= 0.3 is 6.36 Å². The summed E-state index contributed by atoms with van der Waals surface area (Å²) in [5.41, 5.74) is 2.69. The maximum Gasteiger partial charge on any atom is 0.573 e. The van der Waals surface area contributed by atoms with Crippen LogP contribution in [-0.2, 0) is 0 Å². The van der Waals surface area contributed by atoms with Gasteiger partial charge in [0.15, 0.2) is 0 Å². The molecule has 0 heterocycles. The lowest BCUT2D eigenvalue weighted by Gasteiger charge is -2.10. The molecular formula is C7H7F3N2OS. The highest BCUT2D eigenvalue weighted by molar-refractivity contribution is 7.80. The maximum absolute atomic E-state index is 11.8. The van der Waals surface area contributed by atoms with Crippen molar-refractivity contribution < 1.29 is 17.9 Å². The van der Waals surface area contributed by atoms with Gasteiger partial charge in [-0.15, -0.1) is 25.8 Å². The van der Waals surface area contributed by atoms with Gasteiger partial charge in [0.25, 0.3) is 0 Å². The Labute approximate surface area is 83.4 Å². The molecule has 0 unspecified atom stereocenters. The first kappa shape index (κ1) is 11.0. The smallest absolute Gasteiger partial charge is 0.406 e. The van der Waals surface area contributed by atoms with Crippen LogP contribution < -0.4 is 16.0 Å². The second-order valence-corrected chi connectivity index (χ2v) is 2.85. The van der Waals surface area contributed by atoms with Crippen molar-refractivity contribution in [2.45, 2.75) is 11.3 Å². The molecule has 0 aromatic heterocycles. The van der Waals surface area contributed by atoms with E-state index in [9.17, 15) is 13.2 Å². The summed E-state index contributed by atoms with van der Waals surface area (Å²) in [6.07, 6.45) is -4.70. The number of hydrogen-bond donors (Lipinski definition) is 3. The molecule has 1 rings (SSSR count). The first-order valence-electron chi connectivity index (χ1n) is 3.48. The molecule has 78 valence electrons. The number of nitrogens with two attached hydrogens (primary N) is 1. The van der Waals surface area contributed by atoms with Crippen LogP contribution in [0.4, 0.5) is 18.9 Å². The number of halogens is 3. The van der Waals surface area contributed by atoms with Crippen molar-refractivity contribution in [3.63, 3.8) is 0 Å². The van der Waals surface area contributed by atoms with Gasteiger partial charge in [0, 0.05) is 4.90 Å². The number of alkyl halides is 3. The second kappa shape index (κ2) is 3.97.